The summed E-state index contributed by atoms with van der Waals surface area (Å²) in [6.45, 7) is 0. The van der Waals surface area contributed by atoms with Crippen molar-refractivity contribution in [2.45, 2.75) is 0 Å². The first kappa shape index (κ1) is 14.4. The smallest absolute Gasteiger partial charge is 0.130 e. The van der Waals surface area contributed by atoms with Gasteiger partial charge in [0.2, 0.25) is 0 Å². The summed E-state index contributed by atoms with van der Waals surface area (Å²) in [5.74, 6) is 0.0648. The standard InChI is InChI=1S/C14H10Cl2FN3S/c1-20-14(18)12(8-3-2-7(17)6-9(8)15)13(19-20)10-4-5-11(16)21-10/h2-6H,18H2,1H3. The normalized spacial score (nSPS) is 11.0. The van der Waals surface area contributed by atoms with E-state index >= 15 is 0 Å². The number of nitrogens with two attached hydrogens (primary N) is 1. The summed E-state index contributed by atoms with van der Waals surface area (Å²) in [5.41, 5.74) is 8.11. The Hall–Kier alpha value is -1.56. The molecule has 3 nitrogen and oxygen atoms in total. The van der Waals surface area contributed by atoms with Gasteiger partial charge in [0.1, 0.15) is 17.3 Å². The summed E-state index contributed by atoms with van der Waals surface area (Å²) in [5, 5.41) is 4.72. The molecule has 0 unspecified atom stereocenters. The van der Waals surface area contributed by atoms with Crippen molar-refractivity contribution in [1.29, 1.82) is 0 Å². The van der Waals surface area contributed by atoms with E-state index in [1.807, 2.05) is 6.07 Å². The van der Waals surface area contributed by atoms with Crippen molar-refractivity contribution in [3.63, 3.8) is 0 Å². The number of aromatic nitrogens is 2. The third-order valence-electron chi connectivity index (χ3n) is 3.10. The van der Waals surface area contributed by atoms with Crippen LogP contribution in [0.25, 0.3) is 21.7 Å². The number of rotatable bonds is 2. The zero-order chi connectivity index (χ0) is 15.1. The van der Waals surface area contributed by atoms with Gasteiger partial charge in [-0.05, 0) is 30.3 Å². The second-order valence-corrected chi connectivity index (χ2v) is 6.58. The van der Waals surface area contributed by atoms with Gasteiger partial charge >= 0.3 is 0 Å². The van der Waals surface area contributed by atoms with Crippen molar-refractivity contribution in [3.8, 4) is 21.7 Å². The molecule has 3 aromatic rings. The third kappa shape index (κ3) is 2.52. The van der Waals surface area contributed by atoms with Crippen LogP contribution in [0.15, 0.2) is 30.3 Å². The third-order valence-corrected chi connectivity index (χ3v) is 4.65. The van der Waals surface area contributed by atoms with E-state index in [2.05, 4.69) is 5.10 Å². The van der Waals surface area contributed by atoms with Gasteiger partial charge in [0.15, 0.2) is 0 Å². The lowest BCUT2D eigenvalue weighted by Crippen LogP contribution is -1.98. The molecule has 0 fully saturated rings. The second-order valence-electron chi connectivity index (χ2n) is 4.46. The maximum absolute atomic E-state index is 13.2. The number of halogens is 3. The minimum Gasteiger partial charge on any atom is -0.383 e. The molecule has 0 saturated carbocycles. The van der Waals surface area contributed by atoms with Crippen LogP contribution in [0.3, 0.4) is 0 Å². The van der Waals surface area contributed by atoms with E-state index in [4.69, 9.17) is 28.9 Å². The molecule has 0 atom stereocenters. The van der Waals surface area contributed by atoms with Gasteiger partial charge < -0.3 is 5.73 Å². The van der Waals surface area contributed by atoms with Gasteiger partial charge in [-0.2, -0.15) is 5.10 Å². The molecule has 3 rings (SSSR count). The number of nitrogen functional groups attached to an aromatic ring is 1. The van der Waals surface area contributed by atoms with Crippen molar-refractivity contribution in [2.75, 3.05) is 5.73 Å². The molecule has 0 bridgehead atoms. The molecule has 21 heavy (non-hydrogen) atoms. The molecule has 2 N–H and O–H groups in total. The Morgan fingerprint density at radius 1 is 1.24 bits per heavy atom. The number of benzene rings is 1. The molecular weight excluding hydrogens is 332 g/mol. The molecule has 2 aromatic heterocycles. The maximum Gasteiger partial charge on any atom is 0.130 e. The van der Waals surface area contributed by atoms with E-state index in [1.54, 1.807) is 23.9 Å². The molecule has 0 aliphatic carbocycles. The maximum atomic E-state index is 13.2. The fourth-order valence-electron chi connectivity index (χ4n) is 2.11. The van der Waals surface area contributed by atoms with Crippen molar-refractivity contribution in [1.82, 2.24) is 9.78 Å². The number of thiophene rings is 1. The average molecular weight is 342 g/mol. The predicted molar refractivity (Wildman–Crippen MR) is 86.3 cm³/mol. The molecule has 0 amide bonds. The van der Waals surface area contributed by atoms with Gasteiger partial charge in [0, 0.05) is 12.6 Å². The fourth-order valence-corrected chi connectivity index (χ4v) is 3.40. The Morgan fingerprint density at radius 2 is 2.00 bits per heavy atom. The number of nitrogens with zero attached hydrogens (tertiary/aromatic N) is 2. The Balaban J connectivity index is 2.26. The van der Waals surface area contributed by atoms with Crippen molar-refractivity contribution < 1.29 is 4.39 Å². The highest BCUT2D eigenvalue weighted by atomic mass is 35.5. The van der Waals surface area contributed by atoms with Gasteiger partial charge in [0.05, 0.1) is 19.8 Å². The van der Waals surface area contributed by atoms with Crippen molar-refractivity contribution in [3.05, 3.63) is 45.5 Å². The summed E-state index contributed by atoms with van der Waals surface area (Å²) in [4.78, 5) is 0.877. The number of aryl methyl sites for hydroxylation is 1. The van der Waals surface area contributed by atoms with Crippen LogP contribution in [0.2, 0.25) is 9.36 Å². The second kappa shape index (κ2) is 5.33. The average Bonchev–Trinajstić information content (AvgIpc) is 2.96. The Bertz CT molecular complexity index is 826. The highest BCUT2D eigenvalue weighted by molar-refractivity contribution is 7.19. The summed E-state index contributed by atoms with van der Waals surface area (Å²) in [7, 11) is 1.75. The van der Waals surface area contributed by atoms with Crippen LogP contribution in [0.4, 0.5) is 10.2 Å². The SMILES string of the molecule is Cn1nc(-c2ccc(Cl)s2)c(-c2ccc(F)cc2Cl)c1N. The van der Waals surface area contributed by atoms with Crippen LogP contribution in [0.5, 0.6) is 0 Å². The largest absolute Gasteiger partial charge is 0.383 e. The van der Waals surface area contributed by atoms with Crippen LogP contribution in [0.1, 0.15) is 0 Å². The zero-order valence-corrected chi connectivity index (χ0v) is 13.2. The molecule has 7 heteroatoms. The predicted octanol–water partition coefficient (Wildman–Crippen LogP) is 4.84. The number of hydrogen-bond acceptors (Lipinski definition) is 3. The first-order valence-corrected chi connectivity index (χ1v) is 7.58. The van der Waals surface area contributed by atoms with Crippen LogP contribution in [-0.4, -0.2) is 9.78 Å². The highest BCUT2D eigenvalue weighted by Crippen LogP contribution is 2.42. The van der Waals surface area contributed by atoms with Crippen molar-refractivity contribution in [2.24, 2.45) is 7.05 Å². The molecule has 2 heterocycles. The van der Waals surface area contributed by atoms with Gasteiger partial charge in [-0.3, -0.25) is 4.68 Å². The van der Waals surface area contributed by atoms with Gasteiger partial charge in [-0.1, -0.05) is 23.2 Å². The van der Waals surface area contributed by atoms with E-state index in [-0.39, 0.29) is 0 Å². The minimum absolute atomic E-state index is 0.290. The first-order chi connectivity index (χ1) is 9.97. The molecule has 0 spiro atoms. The summed E-state index contributed by atoms with van der Waals surface area (Å²) >= 11 is 13.5. The quantitative estimate of drug-likeness (QED) is 0.724. The molecule has 0 aliphatic heterocycles. The Morgan fingerprint density at radius 3 is 2.62 bits per heavy atom. The zero-order valence-electron chi connectivity index (χ0n) is 10.9. The van der Waals surface area contributed by atoms with E-state index in [0.717, 1.165) is 4.88 Å². The Kier molecular flexibility index (Phi) is 3.65. The van der Waals surface area contributed by atoms with Crippen LogP contribution < -0.4 is 5.73 Å². The molecule has 108 valence electrons. The van der Waals surface area contributed by atoms with E-state index in [0.29, 0.717) is 32.0 Å². The van der Waals surface area contributed by atoms with Gasteiger partial charge in [-0.25, -0.2) is 4.39 Å². The monoisotopic (exact) mass is 341 g/mol. The minimum atomic E-state index is -0.396. The summed E-state index contributed by atoms with van der Waals surface area (Å²) in [6.07, 6.45) is 0. The van der Waals surface area contributed by atoms with E-state index < -0.39 is 5.82 Å². The van der Waals surface area contributed by atoms with E-state index in [9.17, 15) is 4.39 Å². The van der Waals surface area contributed by atoms with Crippen LogP contribution >= 0.6 is 34.5 Å². The van der Waals surface area contributed by atoms with Gasteiger partial charge in [0.25, 0.3) is 0 Å². The first-order valence-electron chi connectivity index (χ1n) is 6.01. The van der Waals surface area contributed by atoms with Crippen molar-refractivity contribution >= 4 is 40.4 Å². The number of anilines is 1. The lowest BCUT2D eigenvalue weighted by atomic mass is 10.0. The highest BCUT2D eigenvalue weighted by Gasteiger charge is 2.20. The fraction of sp³-hybridized carbons (Fsp3) is 0.0714. The molecule has 0 radical (unpaired) electrons. The van der Waals surface area contributed by atoms with Gasteiger partial charge in [-0.15, -0.1) is 11.3 Å². The molecule has 0 aliphatic rings. The lowest BCUT2D eigenvalue weighted by Gasteiger charge is -2.06. The summed E-state index contributed by atoms with van der Waals surface area (Å²) < 4.78 is 15.5. The topological polar surface area (TPSA) is 43.8 Å². The number of hydrogen-bond donors (Lipinski definition) is 1. The van der Waals surface area contributed by atoms with Crippen LogP contribution in [-0.2, 0) is 7.05 Å². The lowest BCUT2D eigenvalue weighted by molar-refractivity contribution is 0.628. The summed E-state index contributed by atoms with van der Waals surface area (Å²) in [6, 6.07) is 7.87. The molecular formula is C14H10Cl2FN3S. The van der Waals surface area contributed by atoms with Crippen LogP contribution in [0, 0.1) is 5.82 Å². The Labute approximate surface area is 134 Å². The molecule has 0 saturated heterocycles. The van der Waals surface area contributed by atoms with E-state index in [1.165, 1.54) is 23.5 Å². The molecule has 1 aromatic carbocycles.